The van der Waals surface area contributed by atoms with E-state index in [1.807, 2.05) is 62.4 Å². The Morgan fingerprint density at radius 3 is 1.46 bits per heavy atom. The molecule has 122 valence electrons. The van der Waals surface area contributed by atoms with Gasteiger partial charge in [0.05, 0.1) is 21.2 Å². The monoisotopic (exact) mass is 356 g/mol. The van der Waals surface area contributed by atoms with Gasteiger partial charge in [-0.3, -0.25) is 9.59 Å². The minimum Gasteiger partial charge on any atom is -0.320 e. The molecule has 0 fully saturated rings. The number of carbonyl (C=O) groups excluding carboxylic acids is 2. The molecule has 0 radical (unpaired) electrons. The number of anilines is 2. The highest BCUT2D eigenvalue weighted by Crippen LogP contribution is 2.46. The van der Waals surface area contributed by atoms with E-state index in [0.717, 1.165) is 21.2 Å². The van der Waals surface area contributed by atoms with Gasteiger partial charge in [-0.25, -0.2) is 0 Å². The second-order valence-corrected chi connectivity index (χ2v) is 6.87. The molecule has 2 aliphatic rings. The molecule has 6 heteroatoms. The quantitative estimate of drug-likeness (QED) is 0.671. The third-order valence-corrected chi connectivity index (χ3v) is 5.78. The van der Waals surface area contributed by atoms with Crippen molar-refractivity contribution in [2.45, 2.75) is 23.6 Å². The second-order valence-electron chi connectivity index (χ2n) is 4.76. The van der Waals surface area contributed by atoms with Gasteiger partial charge in [-0.2, -0.15) is 0 Å². The van der Waals surface area contributed by atoms with Gasteiger partial charge in [0.15, 0.2) is 0 Å². The van der Waals surface area contributed by atoms with Crippen LogP contribution in [0.1, 0.15) is 13.8 Å². The van der Waals surface area contributed by atoms with Crippen LogP contribution in [0.3, 0.4) is 0 Å². The van der Waals surface area contributed by atoms with Crippen LogP contribution in [0, 0.1) is 0 Å². The van der Waals surface area contributed by atoms with E-state index >= 15 is 0 Å². The number of carbonyl (C=O) groups is 2. The van der Waals surface area contributed by atoms with E-state index in [2.05, 4.69) is 10.6 Å². The molecular formula is C18H16N2O2S2. The Labute approximate surface area is 149 Å². The van der Waals surface area contributed by atoms with E-state index in [4.69, 9.17) is 0 Å². The fraction of sp³-hybridized carbons (Fsp3) is 0.111. The Balaban J connectivity index is 0.000000815. The van der Waals surface area contributed by atoms with Gasteiger partial charge in [0.25, 0.3) is 11.8 Å². The van der Waals surface area contributed by atoms with E-state index in [9.17, 15) is 9.59 Å². The summed E-state index contributed by atoms with van der Waals surface area (Å²) in [6.45, 7) is 4.00. The number of hydrogen-bond donors (Lipinski definition) is 2. The number of thioether (sulfide) groups is 2. The largest absolute Gasteiger partial charge is 0.320 e. The Morgan fingerprint density at radius 1 is 0.667 bits per heavy atom. The summed E-state index contributed by atoms with van der Waals surface area (Å²) in [6, 6.07) is 15.1. The van der Waals surface area contributed by atoms with Crippen molar-refractivity contribution in [3.63, 3.8) is 0 Å². The Kier molecular flexibility index (Phi) is 4.97. The lowest BCUT2D eigenvalue weighted by atomic mass is 10.3. The molecule has 0 bridgehead atoms. The molecular weight excluding hydrogens is 340 g/mol. The molecule has 0 spiro atoms. The fourth-order valence-corrected chi connectivity index (χ4v) is 4.39. The molecule has 0 aliphatic carbocycles. The SMILES string of the molecule is CC.O=C1Nc2ccccc2S/C1=C1/Sc2ccccc2NC1=O. The summed E-state index contributed by atoms with van der Waals surface area (Å²) in [5.74, 6) is -0.471. The number of fused-ring (bicyclic) bond motifs is 2. The summed E-state index contributed by atoms with van der Waals surface area (Å²) < 4.78 is 0. The average Bonchev–Trinajstić information content (AvgIpc) is 2.62. The maximum atomic E-state index is 12.3. The topological polar surface area (TPSA) is 58.2 Å². The lowest BCUT2D eigenvalue weighted by Gasteiger charge is -2.24. The van der Waals surface area contributed by atoms with Gasteiger partial charge in [-0.05, 0) is 24.3 Å². The maximum Gasteiger partial charge on any atom is 0.263 e. The molecule has 24 heavy (non-hydrogen) atoms. The molecule has 2 aromatic rings. The van der Waals surface area contributed by atoms with E-state index in [1.165, 1.54) is 23.5 Å². The molecule has 2 amide bonds. The molecule has 2 aliphatic heterocycles. The Bertz CT molecular complexity index is 777. The lowest BCUT2D eigenvalue weighted by Crippen LogP contribution is -2.24. The highest BCUT2D eigenvalue weighted by atomic mass is 32.2. The van der Waals surface area contributed by atoms with Crippen LogP contribution < -0.4 is 10.6 Å². The first-order valence-corrected chi connectivity index (χ1v) is 9.26. The predicted octanol–water partition coefficient (Wildman–Crippen LogP) is 4.71. The van der Waals surface area contributed by atoms with Crippen molar-refractivity contribution in [3.05, 3.63) is 58.3 Å². The Hall–Kier alpha value is -2.18. The van der Waals surface area contributed by atoms with Crippen molar-refractivity contribution in [2.24, 2.45) is 0 Å². The van der Waals surface area contributed by atoms with E-state index in [1.54, 1.807) is 0 Å². The van der Waals surface area contributed by atoms with Crippen LogP contribution >= 0.6 is 23.5 Å². The first-order chi connectivity index (χ1) is 11.7. The van der Waals surface area contributed by atoms with Crippen molar-refractivity contribution < 1.29 is 9.59 Å². The van der Waals surface area contributed by atoms with Gasteiger partial charge < -0.3 is 10.6 Å². The number of hydrogen-bond acceptors (Lipinski definition) is 4. The number of benzene rings is 2. The van der Waals surface area contributed by atoms with Crippen LogP contribution in [0.2, 0.25) is 0 Å². The molecule has 0 atom stereocenters. The van der Waals surface area contributed by atoms with Crippen LogP contribution in [-0.2, 0) is 9.59 Å². The zero-order valence-corrected chi connectivity index (χ0v) is 14.9. The summed E-state index contributed by atoms with van der Waals surface area (Å²) in [6.07, 6.45) is 0. The molecule has 0 saturated carbocycles. The van der Waals surface area contributed by atoms with Gasteiger partial charge in [-0.1, -0.05) is 61.6 Å². The third-order valence-electron chi connectivity index (χ3n) is 3.31. The molecule has 0 aromatic heterocycles. The zero-order chi connectivity index (χ0) is 17.1. The van der Waals surface area contributed by atoms with E-state index < -0.39 is 0 Å². The predicted molar refractivity (Wildman–Crippen MR) is 100 cm³/mol. The molecule has 0 saturated heterocycles. The summed E-state index contributed by atoms with van der Waals surface area (Å²) >= 11 is 2.67. The van der Waals surface area contributed by atoms with Crippen LogP contribution in [0.5, 0.6) is 0 Å². The summed E-state index contributed by atoms with van der Waals surface area (Å²) in [5.41, 5.74) is 1.56. The number of nitrogens with one attached hydrogen (secondary N) is 2. The molecule has 4 nitrogen and oxygen atoms in total. The number of rotatable bonds is 0. The number of amides is 2. The third kappa shape index (κ3) is 3.07. The van der Waals surface area contributed by atoms with Crippen molar-refractivity contribution in [2.75, 3.05) is 10.6 Å². The highest BCUT2D eigenvalue weighted by Gasteiger charge is 2.30. The molecule has 4 rings (SSSR count). The normalized spacial score (nSPS) is 18.4. The van der Waals surface area contributed by atoms with Gasteiger partial charge in [0, 0.05) is 9.79 Å². The maximum absolute atomic E-state index is 12.3. The van der Waals surface area contributed by atoms with Crippen LogP contribution in [0.25, 0.3) is 0 Å². The van der Waals surface area contributed by atoms with Crippen molar-refractivity contribution >= 4 is 46.7 Å². The second kappa shape index (κ2) is 7.15. The van der Waals surface area contributed by atoms with Gasteiger partial charge >= 0.3 is 0 Å². The van der Waals surface area contributed by atoms with E-state index in [0.29, 0.717) is 9.81 Å². The highest BCUT2D eigenvalue weighted by molar-refractivity contribution is 8.08. The molecule has 2 heterocycles. The van der Waals surface area contributed by atoms with Gasteiger partial charge in [-0.15, -0.1) is 0 Å². The number of para-hydroxylation sites is 2. The first-order valence-electron chi connectivity index (χ1n) is 7.63. The molecule has 0 unspecified atom stereocenters. The minimum absolute atomic E-state index is 0.235. The molecule has 2 aromatic carbocycles. The minimum atomic E-state index is -0.235. The van der Waals surface area contributed by atoms with Gasteiger partial charge in [0.2, 0.25) is 0 Å². The van der Waals surface area contributed by atoms with Crippen LogP contribution in [0.4, 0.5) is 11.4 Å². The first kappa shape index (κ1) is 16.7. The van der Waals surface area contributed by atoms with Crippen molar-refractivity contribution in [1.82, 2.24) is 0 Å². The standard InChI is InChI=1S/C16H10N2O2S2.C2H6/c19-15-13(21-11-7-3-1-5-9(11)17-15)14-16(20)18-10-6-2-4-8-12(10)22-14;1-2/h1-8H,(H,17,19)(H,18,20);1-2H3/b14-13+;. The lowest BCUT2D eigenvalue weighted by molar-refractivity contribution is -0.114. The molecule has 2 N–H and O–H groups in total. The van der Waals surface area contributed by atoms with Crippen LogP contribution in [0.15, 0.2) is 68.1 Å². The summed E-state index contributed by atoms with van der Waals surface area (Å²) in [5, 5.41) is 5.68. The fourth-order valence-electron chi connectivity index (χ4n) is 2.29. The zero-order valence-electron chi connectivity index (χ0n) is 13.3. The Morgan fingerprint density at radius 2 is 1.04 bits per heavy atom. The smallest absolute Gasteiger partial charge is 0.263 e. The van der Waals surface area contributed by atoms with Crippen molar-refractivity contribution in [3.8, 4) is 0 Å². The summed E-state index contributed by atoms with van der Waals surface area (Å²) in [7, 11) is 0. The van der Waals surface area contributed by atoms with Crippen molar-refractivity contribution in [1.29, 1.82) is 0 Å². The van der Waals surface area contributed by atoms with Gasteiger partial charge in [0.1, 0.15) is 0 Å². The summed E-state index contributed by atoms with van der Waals surface area (Å²) in [4.78, 5) is 27.4. The van der Waals surface area contributed by atoms with E-state index in [-0.39, 0.29) is 11.8 Å². The van der Waals surface area contributed by atoms with Crippen LogP contribution in [-0.4, -0.2) is 11.8 Å². The average molecular weight is 356 g/mol.